The van der Waals surface area contributed by atoms with E-state index in [0.29, 0.717) is 11.5 Å². The SMILES string of the molecule is Cn1ncc(N)c1N1CCC(NC(=O)C(F)(F)F)[C@@H](F)CC1. The second-order valence-corrected chi connectivity index (χ2v) is 5.21. The van der Waals surface area contributed by atoms with Gasteiger partial charge in [-0.15, -0.1) is 0 Å². The highest BCUT2D eigenvalue weighted by Gasteiger charge is 2.41. The molecular weight excluding hydrogens is 306 g/mol. The van der Waals surface area contributed by atoms with Crippen LogP contribution in [-0.4, -0.2) is 47.2 Å². The molecule has 0 aromatic carbocycles. The van der Waals surface area contributed by atoms with E-state index in [2.05, 4.69) is 5.10 Å². The number of hydrogen-bond donors (Lipinski definition) is 2. The predicted octanol–water partition coefficient (Wildman–Crippen LogP) is 0.988. The van der Waals surface area contributed by atoms with Gasteiger partial charge in [-0.3, -0.25) is 9.48 Å². The molecule has 0 saturated carbocycles. The van der Waals surface area contributed by atoms with Gasteiger partial charge in [0.25, 0.3) is 0 Å². The topological polar surface area (TPSA) is 76.2 Å². The molecule has 10 heteroatoms. The molecule has 0 radical (unpaired) electrons. The first-order chi connectivity index (χ1) is 10.2. The first-order valence-electron chi connectivity index (χ1n) is 6.74. The number of aromatic nitrogens is 2. The monoisotopic (exact) mass is 323 g/mol. The van der Waals surface area contributed by atoms with Crippen molar-refractivity contribution in [2.24, 2.45) is 7.05 Å². The lowest BCUT2D eigenvalue weighted by atomic mass is 10.1. The minimum absolute atomic E-state index is 0.00652. The summed E-state index contributed by atoms with van der Waals surface area (Å²) in [6.07, 6.45) is -5.07. The van der Waals surface area contributed by atoms with E-state index in [1.807, 2.05) is 0 Å². The van der Waals surface area contributed by atoms with Gasteiger partial charge in [0.15, 0.2) is 0 Å². The average Bonchev–Trinajstić information content (AvgIpc) is 2.64. The lowest BCUT2D eigenvalue weighted by molar-refractivity contribution is -0.174. The van der Waals surface area contributed by atoms with E-state index in [-0.39, 0.29) is 25.9 Å². The summed E-state index contributed by atoms with van der Waals surface area (Å²) >= 11 is 0. The molecule has 124 valence electrons. The van der Waals surface area contributed by atoms with Gasteiger partial charge in [0.2, 0.25) is 0 Å². The van der Waals surface area contributed by atoms with Crippen molar-refractivity contribution in [2.45, 2.75) is 31.2 Å². The predicted molar refractivity (Wildman–Crippen MR) is 71.9 cm³/mol. The Balaban J connectivity index is 2.06. The van der Waals surface area contributed by atoms with E-state index in [9.17, 15) is 22.4 Å². The summed E-state index contributed by atoms with van der Waals surface area (Å²) < 4.78 is 52.3. The number of carbonyl (C=O) groups is 1. The van der Waals surface area contributed by atoms with Crippen molar-refractivity contribution in [3.63, 3.8) is 0 Å². The van der Waals surface area contributed by atoms with Crippen LogP contribution in [0.4, 0.5) is 29.1 Å². The van der Waals surface area contributed by atoms with Crippen molar-refractivity contribution >= 4 is 17.4 Å². The first kappa shape index (κ1) is 16.4. The molecule has 1 fully saturated rings. The van der Waals surface area contributed by atoms with Crippen LogP contribution in [0.25, 0.3) is 0 Å². The number of nitrogens with two attached hydrogens (primary N) is 1. The lowest BCUT2D eigenvalue weighted by Gasteiger charge is -2.23. The molecule has 1 aromatic rings. The van der Waals surface area contributed by atoms with E-state index in [0.717, 1.165) is 0 Å². The Labute approximate surface area is 124 Å². The zero-order chi connectivity index (χ0) is 16.5. The lowest BCUT2D eigenvalue weighted by Crippen LogP contribution is -2.47. The summed E-state index contributed by atoms with van der Waals surface area (Å²) in [6.45, 7) is 0.552. The number of nitrogens with one attached hydrogen (secondary N) is 1. The van der Waals surface area contributed by atoms with Gasteiger partial charge in [0.05, 0.1) is 17.9 Å². The third kappa shape index (κ3) is 3.42. The minimum Gasteiger partial charge on any atom is -0.394 e. The summed E-state index contributed by atoms with van der Waals surface area (Å²) in [6, 6.07) is -1.17. The Bertz CT molecular complexity index is 525. The number of carbonyl (C=O) groups excluding carboxylic acids is 1. The summed E-state index contributed by atoms with van der Waals surface area (Å²) in [5, 5.41) is 5.70. The number of amides is 1. The van der Waals surface area contributed by atoms with Gasteiger partial charge in [0.1, 0.15) is 12.0 Å². The van der Waals surface area contributed by atoms with Crippen LogP contribution < -0.4 is 16.0 Å². The van der Waals surface area contributed by atoms with E-state index in [1.165, 1.54) is 10.9 Å². The zero-order valence-corrected chi connectivity index (χ0v) is 11.9. The molecule has 22 heavy (non-hydrogen) atoms. The highest BCUT2D eigenvalue weighted by atomic mass is 19.4. The average molecular weight is 323 g/mol. The molecule has 1 aromatic heterocycles. The van der Waals surface area contributed by atoms with Crippen LogP contribution in [0.2, 0.25) is 0 Å². The molecule has 0 bridgehead atoms. The maximum atomic E-state index is 14.0. The van der Waals surface area contributed by atoms with Crippen LogP contribution in [-0.2, 0) is 11.8 Å². The van der Waals surface area contributed by atoms with Crippen LogP contribution in [0.5, 0.6) is 0 Å². The molecule has 3 N–H and O–H groups in total. The third-order valence-electron chi connectivity index (χ3n) is 3.63. The number of anilines is 2. The molecule has 0 aliphatic carbocycles. The summed E-state index contributed by atoms with van der Waals surface area (Å²) in [7, 11) is 1.67. The number of nitrogen functional groups attached to an aromatic ring is 1. The Morgan fingerprint density at radius 1 is 1.41 bits per heavy atom. The number of halogens is 4. The Hall–Kier alpha value is -2.00. The fourth-order valence-electron chi connectivity index (χ4n) is 2.53. The number of rotatable bonds is 2. The van der Waals surface area contributed by atoms with Crippen molar-refractivity contribution in [1.82, 2.24) is 15.1 Å². The quantitative estimate of drug-likeness (QED) is 0.796. The van der Waals surface area contributed by atoms with E-state index >= 15 is 0 Å². The minimum atomic E-state index is -5.02. The standard InChI is InChI=1S/C12H17F4N5O/c1-20-10(8(17)6-18-20)21-4-2-7(13)9(3-5-21)19-11(22)12(14,15)16/h6-7,9H,2-5,17H2,1H3,(H,19,22)/t7-,9?/m0/s1. The van der Waals surface area contributed by atoms with Crippen molar-refractivity contribution in [1.29, 1.82) is 0 Å². The van der Waals surface area contributed by atoms with Crippen LogP contribution in [0, 0.1) is 0 Å². The van der Waals surface area contributed by atoms with E-state index in [1.54, 1.807) is 17.3 Å². The molecular formula is C12H17F4N5O. The molecule has 0 spiro atoms. The number of hydrogen-bond acceptors (Lipinski definition) is 4. The van der Waals surface area contributed by atoms with Gasteiger partial charge >= 0.3 is 12.1 Å². The summed E-state index contributed by atoms with van der Waals surface area (Å²) in [4.78, 5) is 12.7. The zero-order valence-electron chi connectivity index (χ0n) is 11.9. The fourth-order valence-corrected chi connectivity index (χ4v) is 2.53. The van der Waals surface area contributed by atoms with Crippen molar-refractivity contribution in [3.8, 4) is 0 Å². The molecule has 2 heterocycles. The van der Waals surface area contributed by atoms with Crippen LogP contribution in [0.1, 0.15) is 12.8 Å². The Morgan fingerprint density at radius 2 is 2.05 bits per heavy atom. The van der Waals surface area contributed by atoms with Gasteiger partial charge in [-0.1, -0.05) is 0 Å². The molecule has 1 amide bonds. The molecule has 2 rings (SSSR count). The van der Waals surface area contributed by atoms with Crippen molar-refractivity contribution < 1.29 is 22.4 Å². The van der Waals surface area contributed by atoms with E-state index in [4.69, 9.17) is 5.73 Å². The Kier molecular flexibility index (Phi) is 4.47. The van der Waals surface area contributed by atoms with E-state index < -0.39 is 24.3 Å². The maximum absolute atomic E-state index is 14.0. The summed E-state index contributed by atoms with van der Waals surface area (Å²) in [5.74, 6) is -1.52. The van der Waals surface area contributed by atoms with Crippen LogP contribution in [0.3, 0.4) is 0 Å². The number of nitrogens with zero attached hydrogens (tertiary/aromatic N) is 3. The van der Waals surface area contributed by atoms with Crippen LogP contribution in [0.15, 0.2) is 6.20 Å². The first-order valence-corrected chi connectivity index (χ1v) is 6.74. The third-order valence-corrected chi connectivity index (χ3v) is 3.63. The van der Waals surface area contributed by atoms with Gasteiger partial charge in [-0.2, -0.15) is 18.3 Å². The smallest absolute Gasteiger partial charge is 0.394 e. The molecule has 1 aliphatic heterocycles. The maximum Gasteiger partial charge on any atom is 0.471 e. The van der Waals surface area contributed by atoms with Gasteiger partial charge in [-0.05, 0) is 12.8 Å². The molecule has 1 aliphatic rings. The number of aryl methyl sites for hydroxylation is 1. The van der Waals surface area contributed by atoms with Crippen LogP contribution >= 0.6 is 0 Å². The molecule has 1 unspecified atom stereocenters. The fraction of sp³-hybridized carbons (Fsp3) is 0.667. The van der Waals surface area contributed by atoms with Gasteiger partial charge in [-0.25, -0.2) is 4.39 Å². The normalized spacial score (nSPS) is 23.2. The van der Waals surface area contributed by atoms with Gasteiger partial charge in [0, 0.05) is 20.1 Å². The molecule has 6 nitrogen and oxygen atoms in total. The molecule has 2 atom stereocenters. The second kappa shape index (κ2) is 6.01. The molecule has 1 saturated heterocycles. The Morgan fingerprint density at radius 3 is 2.59 bits per heavy atom. The highest BCUT2D eigenvalue weighted by molar-refractivity contribution is 5.82. The number of alkyl halides is 4. The largest absolute Gasteiger partial charge is 0.471 e. The van der Waals surface area contributed by atoms with Gasteiger partial charge < -0.3 is 16.0 Å². The second-order valence-electron chi connectivity index (χ2n) is 5.21. The van der Waals surface area contributed by atoms with Crippen molar-refractivity contribution in [3.05, 3.63) is 6.20 Å². The highest BCUT2D eigenvalue weighted by Crippen LogP contribution is 2.26. The summed E-state index contributed by atoms with van der Waals surface area (Å²) in [5.41, 5.74) is 6.21. The van der Waals surface area contributed by atoms with Crippen molar-refractivity contribution in [2.75, 3.05) is 23.7 Å².